The van der Waals surface area contributed by atoms with E-state index < -0.39 is 18.0 Å². The van der Waals surface area contributed by atoms with Gasteiger partial charge in [0.05, 0.1) is 12.6 Å². The van der Waals surface area contributed by atoms with Crippen molar-refractivity contribution in [2.24, 2.45) is 0 Å². The van der Waals surface area contributed by atoms with Gasteiger partial charge in [-0.2, -0.15) is 0 Å². The van der Waals surface area contributed by atoms with Crippen LogP contribution in [0.25, 0.3) is 0 Å². The number of amides is 1. The van der Waals surface area contributed by atoms with Crippen LogP contribution in [0.1, 0.15) is 11.6 Å². The lowest BCUT2D eigenvalue weighted by molar-refractivity contribution is 0.183. The Balaban J connectivity index is 2.01. The molecule has 2 aromatic rings. The molecule has 0 spiro atoms. The molecule has 0 radical (unpaired) electrons. The van der Waals surface area contributed by atoms with E-state index in [1.54, 1.807) is 36.4 Å². The average Bonchev–Trinajstić information content (AvgIpc) is 2.46. The van der Waals surface area contributed by atoms with Crippen molar-refractivity contribution in [1.29, 1.82) is 0 Å². The van der Waals surface area contributed by atoms with E-state index in [2.05, 4.69) is 5.32 Å². The number of nitrogens with one attached hydrogen (secondary N) is 1. The second-order valence-corrected chi connectivity index (χ2v) is 4.14. The standard InChI is InChI=1S/C15H14FNO3/c16-12-6-4-5-11(9-12)14(10-18)17-15(19)20-13-7-2-1-3-8-13/h1-9,14,18H,10H2,(H,17,19). The maximum absolute atomic E-state index is 13.1. The predicted octanol–water partition coefficient (Wildman–Crippen LogP) is 2.65. The summed E-state index contributed by atoms with van der Waals surface area (Å²) in [7, 11) is 0. The summed E-state index contributed by atoms with van der Waals surface area (Å²) in [5.41, 5.74) is 0.470. The van der Waals surface area contributed by atoms with E-state index in [4.69, 9.17) is 4.74 Å². The smallest absolute Gasteiger partial charge is 0.410 e. The number of rotatable bonds is 4. The number of carbonyl (C=O) groups excluding carboxylic acids is 1. The monoisotopic (exact) mass is 275 g/mol. The third-order valence-corrected chi connectivity index (χ3v) is 2.68. The molecule has 0 aromatic heterocycles. The second kappa shape index (κ2) is 6.68. The number of para-hydroxylation sites is 1. The molecule has 0 aliphatic heterocycles. The van der Waals surface area contributed by atoms with Gasteiger partial charge >= 0.3 is 6.09 Å². The molecule has 4 nitrogen and oxygen atoms in total. The average molecular weight is 275 g/mol. The number of ether oxygens (including phenoxy) is 1. The van der Waals surface area contributed by atoms with Gasteiger partial charge in [0.15, 0.2) is 0 Å². The molecule has 2 aromatic carbocycles. The SMILES string of the molecule is O=C(NC(CO)c1cccc(F)c1)Oc1ccccc1. The fourth-order valence-corrected chi connectivity index (χ4v) is 1.73. The zero-order valence-corrected chi connectivity index (χ0v) is 10.6. The maximum atomic E-state index is 13.1. The van der Waals surface area contributed by atoms with Crippen molar-refractivity contribution in [3.8, 4) is 5.75 Å². The van der Waals surface area contributed by atoms with Gasteiger partial charge in [-0.25, -0.2) is 9.18 Å². The first kappa shape index (κ1) is 14.0. The molecule has 2 rings (SSSR count). The number of benzene rings is 2. The third-order valence-electron chi connectivity index (χ3n) is 2.68. The first-order chi connectivity index (χ1) is 9.69. The first-order valence-corrected chi connectivity index (χ1v) is 6.09. The molecule has 0 saturated carbocycles. The molecular formula is C15H14FNO3. The van der Waals surface area contributed by atoms with Crippen LogP contribution in [0.5, 0.6) is 5.75 Å². The normalized spacial score (nSPS) is 11.7. The molecule has 2 N–H and O–H groups in total. The molecule has 0 fully saturated rings. The van der Waals surface area contributed by atoms with E-state index in [1.165, 1.54) is 18.2 Å². The van der Waals surface area contributed by atoms with Gasteiger partial charge in [-0.05, 0) is 29.8 Å². The quantitative estimate of drug-likeness (QED) is 0.901. The summed E-state index contributed by atoms with van der Waals surface area (Å²) in [6.45, 7) is -0.354. The van der Waals surface area contributed by atoms with E-state index in [0.717, 1.165) is 0 Å². The Morgan fingerprint density at radius 3 is 2.60 bits per heavy atom. The summed E-state index contributed by atoms with van der Waals surface area (Å²) in [4.78, 5) is 11.7. The fourth-order valence-electron chi connectivity index (χ4n) is 1.73. The Hall–Kier alpha value is -2.40. The molecule has 20 heavy (non-hydrogen) atoms. The van der Waals surface area contributed by atoms with E-state index >= 15 is 0 Å². The van der Waals surface area contributed by atoms with Gasteiger partial charge in [0.25, 0.3) is 0 Å². The summed E-state index contributed by atoms with van der Waals surface area (Å²) in [5, 5.41) is 11.8. The summed E-state index contributed by atoms with van der Waals surface area (Å²) in [6.07, 6.45) is -0.709. The molecule has 0 aliphatic rings. The first-order valence-electron chi connectivity index (χ1n) is 6.09. The fraction of sp³-hybridized carbons (Fsp3) is 0.133. The number of aliphatic hydroxyl groups is 1. The lowest BCUT2D eigenvalue weighted by Gasteiger charge is -2.16. The summed E-state index contributed by atoms with van der Waals surface area (Å²) in [6, 6.07) is 13.5. The van der Waals surface area contributed by atoms with Crippen LogP contribution in [0.4, 0.5) is 9.18 Å². The summed E-state index contributed by atoms with van der Waals surface area (Å²) >= 11 is 0. The highest BCUT2D eigenvalue weighted by Gasteiger charge is 2.15. The Labute approximate surface area is 115 Å². The van der Waals surface area contributed by atoms with E-state index in [0.29, 0.717) is 11.3 Å². The molecule has 0 aliphatic carbocycles. The van der Waals surface area contributed by atoms with Gasteiger partial charge in [0.2, 0.25) is 0 Å². The molecule has 0 heterocycles. The van der Waals surface area contributed by atoms with Crippen molar-refractivity contribution < 1.29 is 19.0 Å². The minimum atomic E-state index is -0.720. The van der Waals surface area contributed by atoms with Crippen LogP contribution in [0.3, 0.4) is 0 Å². The minimum Gasteiger partial charge on any atom is -0.410 e. The lowest BCUT2D eigenvalue weighted by atomic mass is 10.1. The Kier molecular flexibility index (Phi) is 4.68. The van der Waals surface area contributed by atoms with E-state index in [1.807, 2.05) is 0 Å². The minimum absolute atomic E-state index is 0.354. The Morgan fingerprint density at radius 1 is 1.20 bits per heavy atom. The van der Waals surface area contributed by atoms with Crippen LogP contribution >= 0.6 is 0 Å². The van der Waals surface area contributed by atoms with Crippen molar-refractivity contribution >= 4 is 6.09 Å². The van der Waals surface area contributed by atoms with Gasteiger partial charge in [0, 0.05) is 0 Å². The summed E-state index contributed by atoms with van der Waals surface area (Å²) < 4.78 is 18.2. The molecule has 0 bridgehead atoms. The predicted molar refractivity (Wildman–Crippen MR) is 71.8 cm³/mol. The maximum Gasteiger partial charge on any atom is 0.413 e. The molecule has 1 unspecified atom stereocenters. The Bertz CT molecular complexity index is 574. The highest BCUT2D eigenvalue weighted by atomic mass is 19.1. The number of halogens is 1. The molecule has 5 heteroatoms. The van der Waals surface area contributed by atoms with Crippen molar-refractivity contribution in [3.05, 3.63) is 66.0 Å². The number of hydrogen-bond donors (Lipinski definition) is 2. The van der Waals surface area contributed by atoms with Crippen LogP contribution in [0.15, 0.2) is 54.6 Å². The van der Waals surface area contributed by atoms with Gasteiger partial charge in [-0.15, -0.1) is 0 Å². The molecule has 1 atom stereocenters. The highest BCUT2D eigenvalue weighted by Crippen LogP contribution is 2.15. The highest BCUT2D eigenvalue weighted by molar-refractivity contribution is 5.70. The van der Waals surface area contributed by atoms with Crippen molar-refractivity contribution in [2.45, 2.75) is 6.04 Å². The largest absolute Gasteiger partial charge is 0.413 e. The van der Waals surface area contributed by atoms with Crippen LogP contribution in [0, 0.1) is 5.82 Å². The van der Waals surface area contributed by atoms with Crippen LogP contribution < -0.4 is 10.1 Å². The molecule has 104 valence electrons. The van der Waals surface area contributed by atoms with E-state index in [-0.39, 0.29) is 6.61 Å². The van der Waals surface area contributed by atoms with Crippen molar-refractivity contribution in [3.63, 3.8) is 0 Å². The van der Waals surface area contributed by atoms with Gasteiger partial charge < -0.3 is 15.2 Å². The third kappa shape index (κ3) is 3.80. The Morgan fingerprint density at radius 2 is 1.95 bits per heavy atom. The van der Waals surface area contributed by atoms with Crippen LogP contribution in [0.2, 0.25) is 0 Å². The van der Waals surface area contributed by atoms with Crippen LogP contribution in [-0.4, -0.2) is 17.8 Å². The zero-order valence-electron chi connectivity index (χ0n) is 10.6. The number of hydrogen-bond acceptors (Lipinski definition) is 3. The number of aliphatic hydroxyl groups excluding tert-OH is 1. The van der Waals surface area contributed by atoms with E-state index in [9.17, 15) is 14.3 Å². The van der Waals surface area contributed by atoms with Gasteiger partial charge in [0.1, 0.15) is 11.6 Å². The topological polar surface area (TPSA) is 58.6 Å². The lowest BCUT2D eigenvalue weighted by Crippen LogP contribution is -2.33. The number of carbonyl (C=O) groups is 1. The molecule has 1 amide bonds. The van der Waals surface area contributed by atoms with Crippen molar-refractivity contribution in [2.75, 3.05) is 6.61 Å². The summed E-state index contributed by atoms with van der Waals surface area (Å²) in [5.74, 6) is -0.0416. The van der Waals surface area contributed by atoms with Gasteiger partial charge in [-0.1, -0.05) is 30.3 Å². The molecular weight excluding hydrogens is 261 g/mol. The van der Waals surface area contributed by atoms with Crippen LogP contribution in [-0.2, 0) is 0 Å². The molecule has 0 saturated heterocycles. The van der Waals surface area contributed by atoms with Gasteiger partial charge in [-0.3, -0.25) is 0 Å². The van der Waals surface area contributed by atoms with Crippen molar-refractivity contribution in [1.82, 2.24) is 5.32 Å². The second-order valence-electron chi connectivity index (χ2n) is 4.14. The zero-order chi connectivity index (χ0) is 14.4.